The summed E-state index contributed by atoms with van der Waals surface area (Å²) in [6.45, 7) is 4.19. The van der Waals surface area contributed by atoms with Crippen LogP contribution in [0.2, 0.25) is 0 Å². The number of hydrogen-bond acceptors (Lipinski definition) is 2. The minimum absolute atomic E-state index is 0.0234. The van der Waals surface area contributed by atoms with E-state index in [1.165, 1.54) is 16.3 Å². The summed E-state index contributed by atoms with van der Waals surface area (Å²) >= 11 is 0. The lowest BCUT2D eigenvalue weighted by molar-refractivity contribution is -0.116. The first-order valence-corrected chi connectivity index (χ1v) is 8.44. The van der Waals surface area contributed by atoms with Crippen LogP contribution in [0.4, 0.5) is 5.82 Å². The van der Waals surface area contributed by atoms with E-state index in [1.54, 1.807) is 0 Å². The highest BCUT2D eigenvalue weighted by molar-refractivity contribution is 5.98. The molecule has 0 unspecified atom stereocenters. The molecule has 3 heteroatoms. The number of rotatable bonds is 5. The number of carbonyl (C=O) groups is 1. The fourth-order valence-corrected chi connectivity index (χ4v) is 2.87. The minimum atomic E-state index is 0.0234. The van der Waals surface area contributed by atoms with Gasteiger partial charge in [0.25, 0.3) is 0 Å². The number of benzene rings is 2. The van der Waals surface area contributed by atoms with Gasteiger partial charge in [-0.05, 0) is 41.8 Å². The third kappa shape index (κ3) is 3.46. The third-order valence-corrected chi connectivity index (χ3v) is 4.19. The second-order valence-electron chi connectivity index (χ2n) is 6.04. The van der Waals surface area contributed by atoms with Crippen molar-refractivity contribution in [1.29, 1.82) is 0 Å². The predicted octanol–water partition coefficient (Wildman–Crippen LogP) is 5.34. The molecule has 2 aromatic carbocycles. The molecule has 0 aliphatic carbocycles. The first kappa shape index (κ1) is 16.2. The first-order valence-electron chi connectivity index (χ1n) is 8.44. The Hall–Kier alpha value is -2.68. The molecule has 1 N–H and O–H groups in total. The second-order valence-corrected chi connectivity index (χ2v) is 6.04. The van der Waals surface area contributed by atoms with Gasteiger partial charge in [0.1, 0.15) is 5.82 Å². The van der Waals surface area contributed by atoms with Crippen molar-refractivity contribution < 1.29 is 4.79 Å². The van der Waals surface area contributed by atoms with E-state index < -0.39 is 0 Å². The molecule has 1 aromatic heterocycles. The molecule has 0 saturated heterocycles. The lowest BCUT2D eigenvalue weighted by Crippen LogP contribution is -2.12. The summed E-state index contributed by atoms with van der Waals surface area (Å²) in [6.07, 6.45) is 2.44. The highest BCUT2D eigenvalue weighted by Gasteiger charge is 2.08. The quantitative estimate of drug-likeness (QED) is 0.690. The Morgan fingerprint density at radius 2 is 1.79 bits per heavy atom. The van der Waals surface area contributed by atoms with Gasteiger partial charge in [0.15, 0.2) is 0 Å². The number of fused-ring (bicyclic) bond motifs is 1. The summed E-state index contributed by atoms with van der Waals surface area (Å²) in [7, 11) is 0. The van der Waals surface area contributed by atoms with Crippen LogP contribution >= 0.6 is 0 Å². The Morgan fingerprint density at radius 3 is 2.58 bits per heavy atom. The van der Waals surface area contributed by atoms with Crippen molar-refractivity contribution in [2.75, 3.05) is 5.32 Å². The molecule has 0 spiro atoms. The van der Waals surface area contributed by atoms with Gasteiger partial charge in [-0.3, -0.25) is 4.79 Å². The van der Waals surface area contributed by atoms with Crippen molar-refractivity contribution in [3.8, 4) is 11.3 Å². The molecule has 24 heavy (non-hydrogen) atoms. The van der Waals surface area contributed by atoms with Crippen molar-refractivity contribution in [3.05, 3.63) is 60.2 Å². The lowest BCUT2D eigenvalue weighted by Gasteiger charge is -2.10. The number of nitrogens with one attached hydrogen (secondary N) is 1. The Morgan fingerprint density at radius 1 is 1.00 bits per heavy atom. The van der Waals surface area contributed by atoms with Crippen LogP contribution in [0.1, 0.15) is 31.7 Å². The van der Waals surface area contributed by atoms with E-state index in [9.17, 15) is 4.79 Å². The van der Waals surface area contributed by atoms with Crippen LogP contribution in [0.25, 0.3) is 22.0 Å². The van der Waals surface area contributed by atoms with Gasteiger partial charge in [-0.15, -0.1) is 0 Å². The fraction of sp³-hybridized carbons (Fsp3) is 0.238. The largest absolute Gasteiger partial charge is 0.311 e. The molecule has 3 nitrogen and oxygen atoms in total. The summed E-state index contributed by atoms with van der Waals surface area (Å²) in [4.78, 5) is 16.6. The molecule has 0 bridgehead atoms. The van der Waals surface area contributed by atoms with Gasteiger partial charge < -0.3 is 5.32 Å². The highest BCUT2D eigenvalue weighted by atomic mass is 16.1. The summed E-state index contributed by atoms with van der Waals surface area (Å²) in [5, 5.41) is 5.31. The van der Waals surface area contributed by atoms with Crippen LogP contribution in [-0.2, 0) is 4.79 Å². The molecule has 3 aromatic rings. The van der Waals surface area contributed by atoms with Crippen molar-refractivity contribution in [2.45, 2.75) is 33.1 Å². The highest BCUT2D eigenvalue weighted by Crippen LogP contribution is 2.30. The molecule has 3 rings (SSSR count). The normalized spacial score (nSPS) is 10.8. The van der Waals surface area contributed by atoms with E-state index in [-0.39, 0.29) is 5.91 Å². The number of aryl methyl sites for hydroxylation is 1. The van der Waals surface area contributed by atoms with Crippen molar-refractivity contribution >= 4 is 22.5 Å². The molecular weight excluding hydrogens is 296 g/mol. The van der Waals surface area contributed by atoms with Crippen LogP contribution in [0.15, 0.2) is 54.6 Å². The number of amides is 1. The van der Waals surface area contributed by atoms with Crippen molar-refractivity contribution in [3.63, 3.8) is 0 Å². The number of pyridine rings is 1. The number of anilines is 1. The van der Waals surface area contributed by atoms with Crippen LogP contribution in [0.3, 0.4) is 0 Å². The average molecular weight is 318 g/mol. The van der Waals surface area contributed by atoms with E-state index >= 15 is 0 Å². The summed E-state index contributed by atoms with van der Waals surface area (Å²) < 4.78 is 0. The second kappa shape index (κ2) is 7.26. The van der Waals surface area contributed by atoms with Gasteiger partial charge in [0.2, 0.25) is 5.91 Å². The van der Waals surface area contributed by atoms with Gasteiger partial charge in [-0.1, -0.05) is 55.8 Å². The van der Waals surface area contributed by atoms with Crippen molar-refractivity contribution in [1.82, 2.24) is 4.98 Å². The molecule has 0 saturated carbocycles. The molecule has 1 heterocycles. The Labute approximate surface area is 142 Å². The molecule has 0 radical (unpaired) electrons. The number of hydrogen-bond donors (Lipinski definition) is 1. The molecule has 0 aliphatic rings. The van der Waals surface area contributed by atoms with E-state index in [2.05, 4.69) is 54.5 Å². The molecule has 0 fully saturated rings. The van der Waals surface area contributed by atoms with Crippen molar-refractivity contribution in [2.24, 2.45) is 0 Å². The molecule has 122 valence electrons. The van der Waals surface area contributed by atoms with E-state index in [4.69, 9.17) is 0 Å². The number of unbranched alkanes of at least 4 members (excludes halogenated alkanes) is 1. The van der Waals surface area contributed by atoms with E-state index in [0.29, 0.717) is 12.2 Å². The monoisotopic (exact) mass is 318 g/mol. The fourth-order valence-electron chi connectivity index (χ4n) is 2.87. The summed E-state index contributed by atoms with van der Waals surface area (Å²) in [6, 6.07) is 18.3. The number of aromatic nitrogens is 1. The molecule has 0 aliphatic heterocycles. The van der Waals surface area contributed by atoms with Gasteiger partial charge in [0, 0.05) is 12.0 Å². The zero-order chi connectivity index (χ0) is 16.9. The van der Waals surface area contributed by atoms with Crippen LogP contribution in [0, 0.1) is 6.92 Å². The zero-order valence-corrected chi connectivity index (χ0v) is 14.2. The maximum Gasteiger partial charge on any atom is 0.225 e. The maximum atomic E-state index is 11.9. The number of carbonyl (C=O) groups excluding carboxylic acids is 1. The summed E-state index contributed by atoms with van der Waals surface area (Å²) in [5.41, 5.74) is 3.21. The molecule has 0 atom stereocenters. The Bertz CT molecular complexity index is 871. The minimum Gasteiger partial charge on any atom is -0.311 e. The first-order chi connectivity index (χ1) is 11.7. The Balaban J connectivity index is 1.95. The standard InChI is InChI=1S/C21H22N2O/c1-3-4-12-21(24)23-20-11-7-10-19(22-20)18-14-13-15(2)16-8-5-6-9-17(16)18/h5-11,13-14H,3-4,12H2,1-2H3,(H,22,23,24). The topological polar surface area (TPSA) is 42.0 Å². The zero-order valence-electron chi connectivity index (χ0n) is 14.2. The van der Waals surface area contributed by atoms with Crippen LogP contribution in [-0.4, -0.2) is 10.9 Å². The smallest absolute Gasteiger partial charge is 0.225 e. The average Bonchev–Trinajstić information content (AvgIpc) is 2.61. The SMILES string of the molecule is CCCCC(=O)Nc1cccc(-c2ccc(C)c3ccccc23)n1. The van der Waals surface area contributed by atoms with E-state index in [0.717, 1.165) is 24.1 Å². The molecular formula is C21H22N2O. The third-order valence-electron chi connectivity index (χ3n) is 4.19. The van der Waals surface area contributed by atoms with Gasteiger partial charge >= 0.3 is 0 Å². The summed E-state index contributed by atoms with van der Waals surface area (Å²) in [5.74, 6) is 0.633. The molecule has 1 amide bonds. The Kier molecular flexibility index (Phi) is 4.90. The lowest BCUT2D eigenvalue weighted by atomic mass is 9.98. The van der Waals surface area contributed by atoms with Gasteiger partial charge in [-0.25, -0.2) is 4.98 Å². The number of nitrogens with zero attached hydrogens (tertiary/aromatic N) is 1. The van der Waals surface area contributed by atoms with Crippen LogP contribution < -0.4 is 5.32 Å². The van der Waals surface area contributed by atoms with E-state index in [1.807, 2.05) is 24.3 Å². The van der Waals surface area contributed by atoms with Crippen LogP contribution in [0.5, 0.6) is 0 Å². The predicted molar refractivity (Wildman–Crippen MR) is 100 cm³/mol. The van der Waals surface area contributed by atoms with Gasteiger partial charge in [-0.2, -0.15) is 0 Å². The van der Waals surface area contributed by atoms with Gasteiger partial charge in [0.05, 0.1) is 5.69 Å². The maximum absolute atomic E-state index is 11.9.